The molecule has 0 spiro atoms. The van der Waals surface area contributed by atoms with Crippen molar-refractivity contribution in [3.05, 3.63) is 24.3 Å². The molecule has 3 atom stereocenters. The van der Waals surface area contributed by atoms with E-state index in [0.29, 0.717) is 24.8 Å². The van der Waals surface area contributed by atoms with Crippen LogP contribution in [0.1, 0.15) is 32.1 Å². The highest BCUT2D eigenvalue weighted by atomic mass is 127. The number of anilines is 1. The smallest absolute Gasteiger partial charge is 0.193 e. The Balaban J connectivity index is 0.00000192. The van der Waals surface area contributed by atoms with E-state index in [1.54, 1.807) is 7.11 Å². The van der Waals surface area contributed by atoms with E-state index in [0.717, 1.165) is 23.8 Å². The fourth-order valence-electron chi connectivity index (χ4n) is 3.95. The lowest BCUT2D eigenvalue weighted by molar-refractivity contribution is -0.0181. The number of halogens is 1. The standard InChI is InChI=1S/C17H25N3O2.HI/c1-22-15-6-4-14(5-7-15)20-16(18)19-9-8-17(21)11-12-2-3-13(17)10-12;/h4-7,12-13,21H,2-3,8-11H2,1H3,(H3,18,19,20);1H. The van der Waals surface area contributed by atoms with E-state index < -0.39 is 5.60 Å². The molecule has 2 fully saturated rings. The molecule has 4 N–H and O–H groups in total. The minimum absolute atomic E-state index is 0. The molecule has 3 rings (SSSR count). The number of guanidine groups is 1. The van der Waals surface area contributed by atoms with E-state index in [1.807, 2.05) is 24.3 Å². The highest BCUT2D eigenvalue weighted by Crippen LogP contribution is 2.52. The molecule has 0 aliphatic heterocycles. The van der Waals surface area contributed by atoms with Gasteiger partial charge in [-0.2, -0.15) is 0 Å². The van der Waals surface area contributed by atoms with Gasteiger partial charge >= 0.3 is 0 Å². The average molecular weight is 431 g/mol. The van der Waals surface area contributed by atoms with Crippen LogP contribution in [0.4, 0.5) is 5.69 Å². The van der Waals surface area contributed by atoms with Gasteiger partial charge in [0.15, 0.2) is 5.96 Å². The number of nitrogens with one attached hydrogen (secondary N) is 1. The largest absolute Gasteiger partial charge is 0.497 e. The predicted molar refractivity (Wildman–Crippen MR) is 104 cm³/mol. The summed E-state index contributed by atoms with van der Waals surface area (Å²) in [5.41, 5.74) is 6.27. The van der Waals surface area contributed by atoms with Crippen LogP contribution in [0, 0.1) is 11.8 Å². The lowest BCUT2D eigenvalue weighted by Crippen LogP contribution is -2.36. The monoisotopic (exact) mass is 431 g/mol. The topological polar surface area (TPSA) is 79.9 Å². The van der Waals surface area contributed by atoms with Crippen LogP contribution in [0.25, 0.3) is 0 Å². The third-order valence-electron chi connectivity index (χ3n) is 5.13. The van der Waals surface area contributed by atoms with Crippen LogP contribution in [0.15, 0.2) is 29.3 Å². The van der Waals surface area contributed by atoms with Crippen molar-refractivity contribution in [1.29, 1.82) is 0 Å². The molecule has 3 unspecified atom stereocenters. The van der Waals surface area contributed by atoms with Crippen LogP contribution in [0.3, 0.4) is 0 Å². The Morgan fingerprint density at radius 1 is 1.39 bits per heavy atom. The molecule has 1 aromatic rings. The van der Waals surface area contributed by atoms with Gasteiger partial charge in [0.2, 0.25) is 0 Å². The summed E-state index contributed by atoms with van der Waals surface area (Å²) in [6.45, 7) is 0.564. The fourth-order valence-corrected chi connectivity index (χ4v) is 3.95. The van der Waals surface area contributed by atoms with Crippen LogP contribution in [0.5, 0.6) is 5.75 Å². The van der Waals surface area contributed by atoms with Crippen molar-refractivity contribution in [3.63, 3.8) is 0 Å². The number of ether oxygens (including phenoxy) is 1. The van der Waals surface area contributed by atoms with Gasteiger partial charge in [-0.25, -0.2) is 0 Å². The molecule has 0 saturated heterocycles. The first-order chi connectivity index (χ1) is 10.6. The van der Waals surface area contributed by atoms with E-state index in [4.69, 9.17) is 10.5 Å². The number of methoxy groups -OCH3 is 1. The van der Waals surface area contributed by atoms with E-state index in [2.05, 4.69) is 10.3 Å². The predicted octanol–water partition coefficient (Wildman–Crippen LogP) is 2.98. The number of hydrogen-bond donors (Lipinski definition) is 3. The van der Waals surface area contributed by atoms with Gasteiger partial charge in [-0.05, 0) is 68.2 Å². The van der Waals surface area contributed by atoms with Crippen LogP contribution < -0.4 is 15.8 Å². The molecule has 2 aliphatic carbocycles. The zero-order chi connectivity index (χ0) is 15.6. The van der Waals surface area contributed by atoms with Gasteiger partial charge in [0.05, 0.1) is 12.7 Å². The number of benzene rings is 1. The fraction of sp³-hybridized carbons (Fsp3) is 0.588. The van der Waals surface area contributed by atoms with Gasteiger partial charge in [-0.15, -0.1) is 24.0 Å². The first-order valence-electron chi connectivity index (χ1n) is 8.02. The van der Waals surface area contributed by atoms with E-state index >= 15 is 0 Å². The molecule has 6 heteroatoms. The lowest BCUT2D eigenvalue weighted by Gasteiger charge is -2.31. The first-order valence-corrected chi connectivity index (χ1v) is 8.02. The summed E-state index contributed by atoms with van der Waals surface area (Å²) in [7, 11) is 1.64. The van der Waals surface area contributed by atoms with E-state index in [9.17, 15) is 5.11 Å². The van der Waals surface area contributed by atoms with Crippen molar-refractivity contribution >= 4 is 35.6 Å². The second kappa shape index (κ2) is 7.70. The Hall–Kier alpha value is -1.02. The Kier molecular flexibility index (Phi) is 6.13. The Morgan fingerprint density at radius 3 is 2.70 bits per heavy atom. The summed E-state index contributed by atoms with van der Waals surface area (Å²) >= 11 is 0. The maximum absolute atomic E-state index is 10.7. The lowest BCUT2D eigenvalue weighted by atomic mass is 9.82. The molecule has 1 aromatic carbocycles. The second-order valence-corrected chi connectivity index (χ2v) is 6.55. The SMILES string of the molecule is COc1ccc(NC(N)=NCCC2(O)CC3CCC2C3)cc1.I. The quantitative estimate of drug-likeness (QED) is 0.381. The Bertz CT molecular complexity index is 549. The van der Waals surface area contributed by atoms with Crippen LogP contribution in [0.2, 0.25) is 0 Å². The number of fused-ring (bicyclic) bond motifs is 2. The molecule has 2 bridgehead atoms. The van der Waals surface area contributed by atoms with Gasteiger partial charge in [0.25, 0.3) is 0 Å². The van der Waals surface area contributed by atoms with Gasteiger partial charge in [0, 0.05) is 12.2 Å². The number of nitrogens with zero attached hydrogens (tertiary/aromatic N) is 1. The molecular formula is C17H26IN3O2. The minimum atomic E-state index is -0.507. The molecule has 128 valence electrons. The summed E-state index contributed by atoms with van der Waals surface area (Å²) in [6, 6.07) is 7.52. The summed E-state index contributed by atoms with van der Waals surface area (Å²) in [4.78, 5) is 4.35. The third kappa shape index (κ3) is 4.29. The van der Waals surface area contributed by atoms with Gasteiger partial charge in [0.1, 0.15) is 5.75 Å². The maximum atomic E-state index is 10.7. The minimum Gasteiger partial charge on any atom is -0.497 e. The molecule has 2 saturated carbocycles. The number of aliphatic hydroxyl groups is 1. The molecular weight excluding hydrogens is 405 g/mol. The van der Waals surface area contributed by atoms with Crippen LogP contribution >= 0.6 is 24.0 Å². The first kappa shape index (κ1) is 18.3. The van der Waals surface area contributed by atoms with Gasteiger partial charge in [-0.1, -0.05) is 0 Å². The van der Waals surface area contributed by atoms with Crippen molar-refractivity contribution in [2.75, 3.05) is 19.0 Å². The summed E-state index contributed by atoms with van der Waals surface area (Å²) in [5.74, 6) is 2.40. The highest BCUT2D eigenvalue weighted by Gasteiger charge is 2.49. The second-order valence-electron chi connectivity index (χ2n) is 6.55. The van der Waals surface area contributed by atoms with Crippen LogP contribution in [-0.2, 0) is 0 Å². The summed E-state index contributed by atoms with van der Waals surface area (Å²) < 4.78 is 5.11. The number of hydrogen-bond acceptors (Lipinski definition) is 3. The summed E-state index contributed by atoms with van der Waals surface area (Å²) in [5, 5.41) is 13.8. The Labute approximate surface area is 154 Å². The molecule has 2 aliphatic rings. The molecule has 0 amide bonds. The number of aliphatic imine (C=N–C) groups is 1. The molecule has 0 radical (unpaired) electrons. The van der Waals surface area contributed by atoms with Crippen molar-refractivity contribution in [2.24, 2.45) is 22.6 Å². The average Bonchev–Trinajstić information content (AvgIpc) is 3.08. The molecule has 5 nitrogen and oxygen atoms in total. The van der Waals surface area contributed by atoms with Gasteiger partial charge in [-0.3, -0.25) is 4.99 Å². The van der Waals surface area contributed by atoms with E-state index in [-0.39, 0.29) is 24.0 Å². The van der Waals surface area contributed by atoms with Gasteiger partial charge < -0.3 is 20.9 Å². The summed E-state index contributed by atoms with van der Waals surface area (Å²) in [6.07, 6.45) is 5.31. The van der Waals surface area contributed by atoms with Crippen molar-refractivity contribution in [2.45, 2.75) is 37.7 Å². The molecule has 23 heavy (non-hydrogen) atoms. The normalized spacial score (nSPS) is 29.2. The number of rotatable bonds is 5. The van der Waals surface area contributed by atoms with Crippen molar-refractivity contribution in [1.82, 2.24) is 0 Å². The van der Waals surface area contributed by atoms with Crippen molar-refractivity contribution in [3.8, 4) is 5.75 Å². The molecule has 0 heterocycles. The van der Waals surface area contributed by atoms with Crippen LogP contribution in [-0.4, -0.2) is 30.3 Å². The Morgan fingerprint density at radius 2 is 2.13 bits per heavy atom. The maximum Gasteiger partial charge on any atom is 0.193 e. The molecule has 0 aromatic heterocycles. The zero-order valence-corrected chi connectivity index (χ0v) is 15.8. The zero-order valence-electron chi connectivity index (χ0n) is 13.5. The van der Waals surface area contributed by atoms with E-state index in [1.165, 1.54) is 19.3 Å². The number of nitrogens with two attached hydrogens (primary N) is 1. The third-order valence-corrected chi connectivity index (χ3v) is 5.13. The highest BCUT2D eigenvalue weighted by molar-refractivity contribution is 14.0. The van der Waals surface area contributed by atoms with Crippen molar-refractivity contribution < 1.29 is 9.84 Å².